The molecule has 1 saturated heterocycles. The Kier molecular flexibility index (Phi) is 2.62. The van der Waals surface area contributed by atoms with E-state index in [-0.39, 0.29) is 25.4 Å². The maximum atomic E-state index is 9.07. The molecule has 1 aliphatic heterocycles. The zero-order valence-electron chi connectivity index (χ0n) is 9.20. The Bertz CT molecular complexity index is 323. The van der Waals surface area contributed by atoms with Gasteiger partial charge in [0, 0.05) is 5.92 Å². The summed E-state index contributed by atoms with van der Waals surface area (Å²) in [4.78, 5) is 0. The van der Waals surface area contributed by atoms with Crippen LogP contribution < -0.4 is 0 Å². The van der Waals surface area contributed by atoms with Crippen molar-refractivity contribution in [3.05, 3.63) is 24.3 Å². The van der Waals surface area contributed by atoms with Gasteiger partial charge in [0.1, 0.15) is 6.10 Å². The van der Waals surface area contributed by atoms with Gasteiger partial charge in [-0.05, 0) is 24.2 Å². The predicted octanol–water partition coefficient (Wildman–Crippen LogP) is 0.733. The molecule has 3 aliphatic rings. The third-order valence-electron chi connectivity index (χ3n) is 4.23. The van der Waals surface area contributed by atoms with Crippen LogP contribution in [0.1, 0.15) is 6.42 Å². The van der Waals surface area contributed by atoms with Crippen molar-refractivity contribution in [2.75, 3.05) is 13.2 Å². The van der Waals surface area contributed by atoms with Gasteiger partial charge in [-0.1, -0.05) is 24.3 Å². The van der Waals surface area contributed by atoms with Crippen molar-refractivity contribution < 1.29 is 14.9 Å². The molecule has 0 unspecified atom stereocenters. The van der Waals surface area contributed by atoms with Crippen LogP contribution in [0.25, 0.3) is 0 Å². The minimum Gasteiger partial charge on any atom is -0.394 e. The van der Waals surface area contributed by atoms with Gasteiger partial charge in [0.15, 0.2) is 0 Å². The van der Waals surface area contributed by atoms with Crippen molar-refractivity contribution in [3.63, 3.8) is 0 Å². The quantitative estimate of drug-likeness (QED) is 0.544. The lowest BCUT2D eigenvalue weighted by molar-refractivity contribution is 0.230. The summed E-state index contributed by atoms with van der Waals surface area (Å²) in [6, 6.07) is 0. The molecule has 0 spiro atoms. The van der Waals surface area contributed by atoms with Crippen LogP contribution in [0.2, 0.25) is 0 Å². The number of rotatable bonds is 4. The lowest BCUT2D eigenvalue weighted by Crippen LogP contribution is -2.25. The topological polar surface area (TPSA) is 53.0 Å². The smallest absolute Gasteiger partial charge is 0.107 e. The first-order valence-corrected chi connectivity index (χ1v) is 6.07. The zero-order chi connectivity index (χ0) is 11.1. The summed E-state index contributed by atoms with van der Waals surface area (Å²) in [6.07, 6.45) is 10.1. The van der Waals surface area contributed by atoms with Crippen molar-refractivity contribution in [3.8, 4) is 0 Å². The Morgan fingerprint density at radius 1 is 1.25 bits per heavy atom. The van der Waals surface area contributed by atoms with Crippen LogP contribution in [-0.4, -0.2) is 35.6 Å². The summed E-state index contributed by atoms with van der Waals surface area (Å²) in [7, 11) is 0. The highest BCUT2D eigenvalue weighted by molar-refractivity contribution is 5.21. The van der Waals surface area contributed by atoms with E-state index >= 15 is 0 Å². The average molecular weight is 222 g/mol. The van der Waals surface area contributed by atoms with Crippen molar-refractivity contribution in [2.45, 2.75) is 18.6 Å². The molecule has 0 aromatic heterocycles. The van der Waals surface area contributed by atoms with Gasteiger partial charge in [0.05, 0.1) is 19.3 Å². The van der Waals surface area contributed by atoms with Crippen LogP contribution in [0.5, 0.6) is 0 Å². The molecule has 0 radical (unpaired) electrons. The monoisotopic (exact) mass is 222 g/mol. The molecule has 0 amide bonds. The molecule has 0 aromatic rings. The molecule has 2 bridgehead atoms. The molecular weight excluding hydrogens is 204 g/mol. The van der Waals surface area contributed by atoms with Crippen LogP contribution in [0.15, 0.2) is 24.3 Å². The second kappa shape index (κ2) is 3.99. The number of fused-ring (bicyclic) bond motifs is 2. The molecule has 0 aromatic carbocycles. The highest BCUT2D eigenvalue weighted by Gasteiger charge is 2.55. The summed E-state index contributed by atoms with van der Waals surface area (Å²) in [6.45, 7) is 0.248. The number of allylic oxidation sites excluding steroid dienone is 3. The van der Waals surface area contributed by atoms with E-state index in [9.17, 15) is 0 Å². The van der Waals surface area contributed by atoms with Gasteiger partial charge < -0.3 is 14.9 Å². The van der Waals surface area contributed by atoms with Crippen LogP contribution >= 0.6 is 0 Å². The molecule has 1 heterocycles. The van der Waals surface area contributed by atoms with Crippen molar-refractivity contribution in [1.29, 1.82) is 0 Å². The number of ether oxygens (including phenoxy) is 1. The average Bonchev–Trinajstić information content (AvgIpc) is 2.80. The fourth-order valence-electron chi connectivity index (χ4n) is 3.49. The molecule has 88 valence electrons. The van der Waals surface area contributed by atoms with E-state index in [0.29, 0.717) is 23.7 Å². The van der Waals surface area contributed by atoms with Crippen molar-refractivity contribution in [1.82, 2.24) is 0 Å². The number of hydrogen-bond acceptors (Lipinski definition) is 3. The first-order chi connectivity index (χ1) is 7.85. The van der Waals surface area contributed by atoms with Crippen LogP contribution in [0.4, 0.5) is 0 Å². The molecule has 16 heavy (non-hydrogen) atoms. The third-order valence-corrected chi connectivity index (χ3v) is 4.23. The molecule has 3 rings (SSSR count). The first-order valence-electron chi connectivity index (χ1n) is 6.07. The molecule has 2 N–H and O–H groups in total. The van der Waals surface area contributed by atoms with E-state index in [0.717, 1.165) is 0 Å². The minimum absolute atomic E-state index is 0.0581. The maximum Gasteiger partial charge on any atom is 0.107 e. The largest absolute Gasteiger partial charge is 0.394 e. The van der Waals surface area contributed by atoms with Crippen molar-refractivity contribution in [2.24, 2.45) is 23.7 Å². The fraction of sp³-hybridized carbons (Fsp3) is 0.692. The fourth-order valence-corrected chi connectivity index (χ4v) is 3.49. The van der Waals surface area contributed by atoms with Gasteiger partial charge in [0.2, 0.25) is 0 Å². The molecule has 3 nitrogen and oxygen atoms in total. The molecule has 6 atom stereocenters. The van der Waals surface area contributed by atoms with Gasteiger partial charge in [-0.15, -0.1) is 0 Å². The van der Waals surface area contributed by atoms with E-state index in [1.165, 1.54) is 6.42 Å². The first kappa shape index (κ1) is 10.5. The summed E-state index contributed by atoms with van der Waals surface area (Å²) in [5.74, 6) is 2.22. The van der Waals surface area contributed by atoms with Crippen molar-refractivity contribution >= 4 is 0 Å². The van der Waals surface area contributed by atoms with E-state index in [4.69, 9.17) is 14.9 Å². The van der Waals surface area contributed by atoms with E-state index < -0.39 is 0 Å². The number of hydrogen-bond donors (Lipinski definition) is 2. The normalized spacial score (nSPS) is 49.4. The Hall–Kier alpha value is -0.640. The summed E-state index contributed by atoms with van der Waals surface area (Å²) < 4.78 is 5.53. The SMILES string of the molecule is OC/C=C/[C@@H]1[C@H]([C@@H]2O[C@@H]2CO)[C@@H]2C=C[C@H]1C2. The number of aliphatic hydroxyl groups excluding tert-OH is 2. The van der Waals surface area contributed by atoms with Crippen LogP contribution in [0, 0.1) is 23.7 Å². The Morgan fingerprint density at radius 3 is 2.75 bits per heavy atom. The van der Waals surface area contributed by atoms with Crippen LogP contribution in [-0.2, 0) is 4.74 Å². The minimum atomic E-state index is 0.0581. The van der Waals surface area contributed by atoms with Gasteiger partial charge in [-0.2, -0.15) is 0 Å². The van der Waals surface area contributed by atoms with E-state index in [1.807, 2.05) is 6.08 Å². The molecule has 2 aliphatic carbocycles. The van der Waals surface area contributed by atoms with Gasteiger partial charge in [-0.3, -0.25) is 0 Å². The second-order valence-electron chi connectivity index (χ2n) is 5.04. The summed E-state index contributed by atoms with van der Waals surface area (Å²) in [5.41, 5.74) is 0. The molecular formula is C13H18O3. The number of epoxide rings is 1. The highest BCUT2D eigenvalue weighted by Crippen LogP contribution is 2.54. The Balaban J connectivity index is 1.75. The zero-order valence-corrected chi connectivity index (χ0v) is 9.20. The van der Waals surface area contributed by atoms with Crippen LogP contribution in [0.3, 0.4) is 0 Å². The second-order valence-corrected chi connectivity index (χ2v) is 5.04. The van der Waals surface area contributed by atoms with Gasteiger partial charge in [0.25, 0.3) is 0 Å². The van der Waals surface area contributed by atoms with E-state index in [2.05, 4.69) is 18.2 Å². The van der Waals surface area contributed by atoms with Gasteiger partial charge in [-0.25, -0.2) is 0 Å². The lowest BCUT2D eigenvalue weighted by Gasteiger charge is -2.24. The van der Waals surface area contributed by atoms with E-state index in [1.54, 1.807) is 0 Å². The molecule has 1 saturated carbocycles. The standard InChI is InChI=1S/C13H18O3/c14-5-1-2-10-8-3-4-9(6-8)12(10)13-11(7-15)16-13/h1-4,8-15H,5-7H2/b2-1+/t8-,9+,10-,11+,12+,13+/m0/s1. The Labute approximate surface area is 95.4 Å². The summed E-state index contributed by atoms with van der Waals surface area (Å²) in [5, 5.41) is 17.9. The lowest BCUT2D eigenvalue weighted by atomic mass is 9.80. The predicted molar refractivity (Wildman–Crippen MR) is 59.7 cm³/mol. The highest BCUT2D eigenvalue weighted by atomic mass is 16.6. The maximum absolute atomic E-state index is 9.07. The molecule has 3 heteroatoms. The summed E-state index contributed by atoms with van der Waals surface area (Å²) >= 11 is 0. The number of aliphatic hydroxyl groups is 2. The van der Waals surface area contributed by atoms with Gasteiger partial charge >= 0.3 is 0 Å². The third kappa shape index (κ3) is 1.54. The molecule has 2 fully saturated rings. The Morgan fingerprint density at radius 2 is 2.06 bits per heavy atom.